The van der Waals surface area contributed by atoms with Gasteiger partial charge >= 0.3 is 0 Å². The van der Waals surface area contributed by atoms with E-state index < -0.39 is 26.6 Å². The quantitative estimate of drug-likeness (QED) is 0.830. The Morgan fingerprint density at radius 1 is 1.25 bits per heavy atom. The van der Waals surface area contributed by atoms with E-state index in [1.54, 1.807) is 0 Å². The highest BCUT2D eigenvalue weighted by molar-refractivity contribution is 7.89. The number of nitrogen functional groups attached to an aromatic ring is 1. The molecule has 0 saturated carbocycles. The van der Waals surface area contributed by atoms with E-state index >= 15 is 0 Å². The molecule has 0 fully saturated rings. The molecule has 8 heteroatoms. The van der Waals surface area contributed by atoms with Crippen molar-refractivity contribution < 1.29 is 17.2 Å². The zero-order chi connectivity index (χ0) is 14.8. The highest BCUT2D eigenvalue weighted by Crippen LogP contribution is 2.21. The molecule has 0 bridgehead atoms. The van der Waals surface area contributed by atoms with Gasteiger partial charge in [0.1, 0.15) is 11.6 Å². The topological polar surface area (TPSA) is 72.2 Å². The van der Waals surface area contributed by atoms with Crippen molar-refractivity contribution in [2.24, 2.45) is 0 Å². The van der Waals surface area contributed by atoms with Crippen LogP contribution in [-0.2, 0) is 16.4 Å². The van der Waals surface area contributed by atoms with Gasteiger partial charge in [-0.05, 0) is 40.9 Å². The lowest BCUT2D eigenvalue weighted by Gasteiger charge is -2.09. The van der Waals surface area contributed by atoms with Crippen molar-refractivity contribution in [3.05, 3.63) is 46.2 Å². The number of nitrogens with one attached hydrogen (secondary N) is 1. The second-order valence-electron chi connectivity index (χ2n) is 4.09. The first-order valence-corrected chi connectivity index (χ1v) is 8.08. The summed E-state index contributed by atoms with van der Waals surface area (Å²) < 4.78 is 53.1. The van der Waals surface area contributed by atoms with Crippen molar-refractivity contribution in [3.63, 3.8) is 0 Å². The summed E-state index contributed by atoms with van der Waals surface area (Å²) in [5.74, 6) is -2.41. The van der Waals surface area contributed by atoms with Crippen LogP contribution >= 0.6 is 11.3 Å². The molecule has 3 N–H and O–H groups in total. The third-order valence-electron chi connectivity index (χ3n) is 2.58. The molecule has 0 spiro atoms. The van der Waals surface area contributed by atoms with Crippen LogP contribution in [0, 0.1) is 11.6 Å². The summed E-state index contributed by atoms with van der Waals surface area (Å²) >= 11 is 1.49. The highest BCUT2D eigenvalue weighted by atomic mass is 32.2. The van der Waals surface area contributed by atoms with E-state index in [0.29, 0.717) is 6.42 Å². The standard InChI is InChI=1S/C12H12F2N2O2S2/c13-10-5-9(15)6-11(14)12(10)20(17,18)16-3-1-8-2-4-19-7-8/h2,4-7,16H,1,3,15H2. The molecule has 2 rings (SSSR count). The lowest BCUT2D eigenvalue weighted by molar-refractivity contribution is 0.515. The summed E-state index contributed by atoms with van der Waals surface area (Å²) in [6.45, 7) is 0.0579. The second kappa shape index (κ2) is 5.86. The van der Waals surface area contributed by atoms with E-state index in [1.807, 2.05) is 16.8 Å². The summed E-state index contributed by atoms with van der Waals surface area (Å²) in [5, 5.41) is 3.74. The van der Waals surface area contributed by atoms with Gasteiger partial charge in [0, 0.05) is 12.2 Å². The van der Waals surface area contributed by atoms with Gasteiger partial charge in [-0.2, -0.15) is 11.3 Å². The van der Waals surface area contributed by atoms with E-state index in [0.717, 1.165) is 17.7 Å². The normalized spacial score (nSPS) is 11.7. The van der Waals surface area contributed by atoms with E-state index in [1.165, 1.54) is 11.3 Å². The van der Waals surface area contributed by atoms with Gasteiger partial charge < -0.3 is 5.73 Å². The van der Waals surface area contributed by atoms with Crippen molar-refractivity contribution in [1.29, 1.82) is 0 Å². The minimum Gasteiger partial charge on any atom is -0.399 e. The maximum atomic E-state index is 13.6. The summed E-state index contributed by atoms with van der Waals surface area (Å²) in [5.41, 5.74) is 6.03. The van der Waals surface area contributed by atoms with Crippen LogP contribution in [0.4, 0.5) is 14.5 Å². The van der Waals surface area contributed by atoms with Gasteiger partial charge in [0.2, 0.25) is 10.0 Å². The molecule has 1 aromatic carbocycles. The molecular weight excluding hydrogens is 306 g/mol. The molecule has 0 aliphatic rings. The number of hydrogen-bond acceptors (Lipinski definition) is 4. The fourth-order valence-corrected chi connectivity index (χ4v) is 3.52. The smallest absolute Gasteiger partial charge is 0.246 e. The van der Waals surface area contributed by atoms with E-state index in [4.69, 9.17) is 5.73 Å². The Bertz CT molecular complexity index is 677. The molecule has 0 radical (unpaired) electrons. The van der Waals surface area contributed by atoms with Crippen LogP contribution in [0.2, 0.25) is 0 Å². The van der Waals surface area contributed by atoms with Crippen LogP contribution in [0.3, 0.4) is 0 Å². The number of rotatable bonds is 5. The summed E-state index contributed by atoms with van der Waals surface area (Å²) in [4.78, 5) is -1.00. The van der Waals surface area contributed by atoms with Crippen LogP contribution in [0.1, 0.15) is 5.56 Å². The third kappa shape index (κ3) is 3.33. The number of sulfonamides is 1. The minimum atomic E-state index is -4.24. The molecule has 0 aliphatic carbocycles. The maximum absolute atomic E-state index is 13.6. The lowest BCUT2D eigenvalue weighted by atomic mass is 10.2. The fourth-order valence-electron chi connectivity index (χ4n) is 1.67. The van der Waals surface area contributed by atoms with Crippen LogP contribution in [0.15, 0.2) is 33.9 Å². The number of benzene rings is 1. The van der Waals surface area contributed by atoms with Crippen molar-refractivity contribution in [3.8, 4) is 0 Å². The minimum absolute atomic E-state index is 0.0579. The molecule has 0 amide bonds. The van der Waals surface area contributed by atoms with Crippen molar-refractivity contribution >= 4 is 27.0 Å². The van der Waals surface area contributed by atoms with Crippen molar-refractivity contribution in [2.45, 2.75) is 11.3 Å². The molecule has 1 aromatic heterocycles. The van der Waals surface area contributed by atoms with E-state index in [9.17, 15) is 17.2 Å². The second-order valence-corrected chi connectivity index (χ2v) is 6.58. The van der Waals surface area contributed by atoms with Gasteiger partial charge in [0.15, 0.2) is 4.90 Å². The van der Waals surface area contributed by atoms with Gasteiger partial charge in [-0.25, -0.2) is 21.9 Å². The zero-order valence-corrected chi connectivity index (χ0v) is 11.9. The Labute approximate surface area is 119 Å². The first-order chi connectivity index (χ1) is 9.40. The number of thiophene rings is 1. The summed E-state index contributed by atoms with van der Waals surface area (Å²) in [6, 6.07) is 3.40. The summed E-state index contributed by atoms with van der Waals surface area (Å²) in [6.07, 6.45) is 0.445. The largest absolute Gasteiger partial charge is 0.399 e. The molecule has 0 atom stereocenters. The molecule has 2 aromatic rings. The number of anilines is 1. The van der Waals surface area contributed by atoms with Gasteiger partial charge in [-0.3, -0.25) is 0 Å². The average Bonchev–Trinajstić information content (AvgIpc) is 2.79. The molecule has 20 heavy (non-hydrogen) atoms. The van der Waals surface area contributed by atoms with Crippen LogP contribution in [0.25, 0.3) is 0 Å². The molecule has 0 unspecified atom stereocenters. The Morgan fingerprint density at radius 2 is 1.90 bits per heavy atom. The average molecular weight is 318 g/mol. The fraction of sp³-hybridized carbons (Fsp3) is 0.167. The van der Waals surface area contributed by atoms with Crippen LogP contribution < -0.4 is 10.5 Å². The lowest BCUT2D eigenvalue weighted by Crippen LogP contribution is -2.27. The number of hydrogen-bond donors (Lipinski definition) is 2. The van der Waals surface area contributed by atoms with E-state index in [-0.39, 0.29) is 12.2 Å². The SMILES string of the molecule is Nc1cc(F)c(S(=O)(=O)NCCc2ccsc2)c(F)c1. The van der Waals surface area contributed by atoms with Crippen LogP contribution in [0.5, 0.6) is 0 Å². The summed E-state index contributed by atoms with van der Waals surface area (Å²) in [7, 11) is -4.24. The van der Waals surface area contributed by atoms with E-state index in [2.05, 4.69) is 4.72 Å². The monoisotopic (exact) mass is 318 g/mol. The molecule has 0 saturated heterocycles. The Hall–Kier alpha value is -1.51. The number of nitrogens with two attached hydrogens (primary N) is 1. The highest BCUT2D eigenvalue weighted by Gasteiger charge is 2.24. The Kier molecular flexibility index (Phi) is 4.36. The predicted octanol–water partition coefficient (Wildman–Crippen LogP) is 2.13. The molecular formula is C12H12F2N2O2S2. The zero-order valence-electron chi connectivity index (χ0n) is 10.3. The van der Waals surface area contributed by atoms with Gasteiger partial charge in [0.05, 0.1) is 0 Å². The third-order valence-corrected chi connectivity index (χ3v) is 4.82. The first kappa shape index (κ1) is 14.9. The van der Waals surface area contributed by atoms with Crippen molar-refractivity contribution in [1.82, 2.24) is 4.72 Å². The van der Waals surface area contributed by atoms with Gasteiger partial charge in [-0.1, -0.05) is 0 Å². The van der Waals surface area contributed by atoms with Gasteiger partial charge in [0.25, 0.3) is 0 Å². The predicted molar refractivity (Wildman–Crippen MR) is 74.0 cm³/mol. The molecule has 1 heterocycles. The van der Waals surface area contributed by atoms with Gasteiger partial charge in [-0.15, -0.1) is 0 Å². The molecule has 4 nitrogen and oxygen atoms in total. The first-order valence-electron chi connectivity index (χ1n) is 5.65. The maximum Gasteiger partial charge on any atom is 0.246 e. The van der Waals surface area contributed by atoms with Crippen molar-refractivity contribution in [2.75, 3.05) is 12.3 Å². The van der Waals surface area contributed by atoms with Crippen LogP contribution in [-0.4, -0.2) is 15.0 Å². The molecule has 108 valence electrons. The number of halogens is 2. The Balaban J connectivity index is 2.14. The molecule has 0 aliphatic heterocycles. The Morgan fingerprint density at radius 3 is 2.45 bits per heavy atom.